The predicted molar refractivity (Wildman–Crippen MR) is 127 cm³/mol. The normalized spacial score (nSPS) is 14.3. The second-order valence-corrected chi connectivity index (χ2v) is 8.25. The van der Waals surface area contributed by atoms with Gasteiger partial charge in [0.05, 0.1) is 11.0 Å². The molecule has 10 heteroatoms. The van der Waals surface area contributed by atoms with Gasteiger partial charge in [-0.1, -0.05) is 12.1 Å². The molecular weight excluding hydrogens is 434 g/mol. The van der Waals surface area contributed by atoms with Crippen LogP contribution in [0.5, 0.6) is 5.75 Å². The van der Waals surface area contributed by atoms with Gasteiger partial charge in [0.1, 0.15) is 23.9 Å². The average Bonchev–Trinajstić information content (AvgIpc) is 3.46. The van der Waals surface area contributed by atoms with Crippen LogP contribution in [0.15, 0.2) is 48.8 Å². The van der Waals surface area contributed by atoms with Gasteiger partial charge in [0.25, 0.3) is 11.8 Å². The number of para-hydroxylation sites is 2. The number of hydrogen-bond acceptors (Lipinski definition) is 6. The summed E-state index contributed by atoms with van der Waals surface area (Å²) in [4.78, 5) is 37.1. The van der Waals surface area contributed by atoms with Crippen molar-refractivity contribution in [3.05, 3.63) is 65.7 Å². The number of carbonyl (C=O) groups excluding carboxylic acids is 2. The molecule has 1 fully saturated rings. The van der Waals surface area contributed by atoms with Crippen LogP contribution in [0.2, 0.25) is 0 Å². The Balaban J connectivity index is 1.38. The summed E-state index contributed by atoms with van der Waals surface area (Å²) < 4.78 is 7.46. The van der Waals surface area contributed by atoms with Crippen molar-refractivity contribution in [3.8, 4) is 11.7 Å². The van der Waals surface area contributed by atoms with E-state index in [0.29, 0.717) is 11.6 Å². The van der Waals surface area contributed by atoms with E-state index in [9.17, 15) is 9.59 Å². The molecule has 1 saturated heterocycles. The zero-order chi connectivity index (χ0) is 23.7. The number of primary amides is 1. The van der Waals surface area contributed by atoms with E-state index in [1.54, 1.807) is 6.07 Å². The minimum Gasteiger partial charge on any atom is -0.490 e. The summed E-state index contributed by atoms with van der Waals surface area (Å²) in [5.74, 6) is -0.226. The fourth-order valence-corrected chi connectivity index (χ4v) is 4.10. The number of nitrogens with zero attached hydrogens (tertiary/aromatic N) is 3. The molecule has 0 bridgehead atoms. The summed E-state index contributed by atoms with van der Waals surface area (Å²) in [6.07, 6.45) is 3.46. The number of piperidine rings is 1. The third-order valence-electron chi connectivity index (χ3n) is 5.86. The molecule has 2 aromatic carbocycles. The fraction of sp³-hybridized carbons (Fsp3) is 0.250. The summed E-state index contributed by atoms with van der Waals surface area (Å²) >= 11 is 0. The van der Waals surface area contributed by atoms with Crippen LogP contribution >= 0.6 is 0 Å². The molecular formula is C24H25N7O3. The van der Waals surface area contributed by atoms with Gasteiger partial charge in [-0.25, -0.2) is 9.97 Å². The van der Waals surface area contributed by atoms with E-state index in [1.807, 2.05) is 43.3 Å². The molecule has 0 aliphatic carbocycles. The van der Waals surface area contributed by atoms with Gasteiger partial charge in [0.2, 0.25) is 5.95 Å². The van der Waals surface area contributed by atoms with Crippen molar-refractivity contribution >= 4 is 28.5 Å². The minimum absolute atomic E-state index is 0.0555. The maximum atomic E-state index is 13.0. The Bertz CT molecular complexity index is 1340. The molecule has 174 valence electrons. The molecule has 0 atom stereocenters. The Hall–Kier alpha value is -4.18. The second-order valence-electron chi connectivity index (χ2n) is 8.25. The van der Waals surface area contributed by atoms with E-state index in [-0.39, 0.29) is 17.5 Å². The Morgan fingerprint density at radius 1 is 1.18 bits per heavy atom. The summed E-state index contributed by atoms with van der Waals surface area (Å²) in [5, 5.41) is 6.14. The van der Waals surface area contributed by atoms with Crippen molar-refractivity contribution in [1.29, 1.82) is 0 Å². The largest absolute Gasteiger partial charge is 0.490 e. The topological polar surface area (TPSA) is 140 Å². The summed E-state index contributed by atoms with van der Waals surface area (Å²) in [6, 6.07) is 12.9. The number of anilines is 1. The van der Waals surface area contributed by atoms with Crippen LogP contribution in [0.3, 0.4) is 0 Å². The van der Waals surface area contributed by atoms with Gasteiger partial charge in [0.15, 0.2) is 5.69 Å². The first kappa shape index (κ1) is 21.7. The number of ether oxygens (including phenoxy) is 1. The first-order valence-corrected chi connectivity index (χ1v) is 11.1. The van der Waals surface area contributed by atoms with Crippen LogP contribution < -0.4 is 21.1 Å². The summed E-state index contributed by atoms with van der Waals surface area (Å²) in [7, 11) is 0. The molecule has 2 aromatic heterocycles. The standard InChI is InChI=1S/C24H25N7O3/c1-14-12-16(34-15-8-10-26-11-9-15)6-7-17(14)28-23(33)20-21(22(25)32)31(13-27-20)24-29-18-4-2-3-5-19(18)30-24/h2-7,12-13,15,26H,8-11H2,1H3,(H2,25,32)(H,28,33)(H,29,30). The van der Waals surface area contributed by atoms with Crippen molar-refractivity contribution in [1.82, 2.24) is 24.8 Å². The number of rotatable bonds is 6. The Morgan fingerprint density at radius 3 is 2.71 bits per heavy atom. The molecule has 3 heterocycles. The monoisotopic (exact) mass is 459 g/mol. The third kappa shape index (κ3) is 4.23. The van der Waals surface area contributed by atoms with Gasteiger partial charge in [-0.3, -0.25) is 14.2 Å². The molecule has 1 aliphatic heterocycles. The number of aromatic nitrogens is 4. The number of imidazole rings is 2. The van der Waals surface area contributed by atoms with Gasteiger partial charge in [-0.05, 0) is 68.8 Å². The highest BCUT2D eigenvalue weighted by Crippen LogP contribution is 2.25. The zero-order valence-corrected chi connectivity index (χ0v) is 18.7. The van der Waals surface area contributed by atoms with Crippen LogP contribution in [-0.4, -0.2) is 50.5 Å². The third-order valence-corrected chi connectivity index (χ3v) is 5.86. The smallest absolute Gasteiger partial charge is 0.276 e. The van der Waals surface area contributed by atoms with Crippen molar-refractivity contribution in [2.75, 3.05) is 18.4 Å². The van der Waals surface area contributed by atoms with Crippen LogP contribution in [0.4, 0.5) is 5.69 Å². The van der Waals surface area contributed by atoms with Crippen molar-refractivity contribution < 1.29 is 14.3 Å². The molecule has 34 heavy (non-hydrogen) atoms. The number of hydrogen-bond donors (Lipinski definition) is 4. The lowest BCUT2D eigenvalue weighted by atomic mass is 10.1. The average molecular weight is 460 g/mol. The van der Waals surface area contributed by atoms with Crippen LogP contribution in [-0.2, 0) is 0 Å². The first-order chi connectivity index (χ1) is 16.5. The molecule has 1 aliphatic rings. The number of benzene rings is 2. The van der Waals surface area contributed by atoms with Crippen molar-refractivity contribution in [2.24, 2.45) is 5.73 Å². The second kappa shape index (κ2) is 8.99. The van der Waals surface area contributed by atoms with E-state index in [2.05, 4.69) is 25.6 Å². The van der Waals surface area contributed by atoms with Crippen LogP contribution in [0, 0.1) is 6.92 Å². The number of nitrogens with two attached hydrogens (primary N) is 1. The number of fused-ring (bicyclic) bond motifs is 1. The number of nitrogens with one attached hydrogen (secondary N) is 3. The predicted octanol–water partition coefficient (Wildman–Crippen LogP) is 2.54. The molecule has 5 N–H and O–H groups in total. The molecule has 0 spiro atoms. The highest BCUT2D eigenvalue weighted by molar-refractivity contribution is 6.10. The maximum absolute atomic E-state index is 13.0. The van der Waals surface area contributed by atoms with Gasteiger partial charge in [-0.15, -0.1) is 0 Å². The van der Waals surface area contributed by atoms with E-state index in [1.165, 1.54) is 10.9 Å². The van der Waals surface area contributed by atoms with Gasteiger partial charge in [-0.2, -0.15) is 0 Å². The fourth-order valence-electron chi connectivity index (χ4n) is 4.10. The minimum atomic E-state index is -0.787. The van der Waals surface area contributed by atoms with Crippen molar-refractivity contribution in [2.45, 2.75) is 25.9 Å². The quantitative estimate of drug-likeness (QED) is 0.349. The molecule has 4 aromatic rings. The number of H-pyrrole nitrogens is 1. The Labute approximate surface area is 195 Å². The molecule has 5 rings (SSSR count). The van der Waals surface area contributed by atoms with E-state index < -0.39 is 11.8 Å². The summed E-state index contributed by atoms with van der Waals surface area (Å²) in [6.45, 7) is 3.77. The number of amides is 2. The Kier molecular flexibility index (Phi) is 5.72. The molecule has 10 nitrogen and oxygen atoms in total. The van der Waals surface area contributed by atoms with E-state index >= 15 is 0 Å². The van der Waals surface area contributed by atoms with Gasteiger partial charge >= 0.3 is 0 Å². The van der Waals surface area contributed by atoms with E-state index in [4.69, 9.17) is 10.5 Å². The summed E-state index contributed by atoms with van der Waals surface area (Å²) in [5.41, 5.74) is 8.41. The first-order valence-electron chi connectivity index (χ1n) is 11.1. The molecule has 0 saturated carbocycles. The van der Waals surface area contributed by atoms with Crippen LogP contribution in [0.1, 0.15) is 39.4 Å². The highest BCUT2D eigenvalue weighted by atomic mass is 16.5. The molecule has 0 radical (unpaired) electrons. The van der Waals surface area contributed by atoms with Gasteiger partial charge in [0, 0.05) is 5.69 Å². The zero-order valence-electron chi connectivity index (χ0n) is 18.7. The number of aromatic amines is 1. The SMILES string of the molecule is Cc1cc(OC2CCNCC2)ccc1NC(=O)c1ncn(-c2nc3ccccc3[nH]2)c1C(N)=O. The van der Waals surface area contributed by atoms with E-state index in [0.717, 1.165) is 48.3 Å². The van der Waals surface area contributed by atoms with Crippen LogP contribution in [0.25, 0.3) is 17.0 Å². The van der Waals surface area contributed by atoms with Crippen molar-refractivity contribution in [3.63, 3.8) is 0 Å². The highest BCUT2D eigenvalue weighted by Gasteiger charge is 2.25. The lowest BCUT2D eigenvalue weighted by Crippen LogP contribution is -2.34. The molecule has 2 amide bonds. The number of carbonyl (C=O) groups is 2. The lowest BCUT2D eigenvalue weighted by Gasteiger charge is -2.24. The maximum Gasteiger partial charge on any atom is 0.276 e. The van der Waals surface area contributed by atoms with Gasteiger partial charge < -0.3 is 26.1 Å². The lowest BCUT2D eigenvalue weighted by molar-refractivity contribution is 0.0970. The Morgan fingerprint density at radius 2 is 1.97 bits per heavy atom. The molecule has 0 unspecified atom stereocenters. The number of aryl methyl sites for hydroxylation is 1.